The van der Waals surface area contributed by atoms with Gasteiger partial charge in [0.1, 0.15) is 23.3 Å². The van der Waals surface area contributed by atoms with Crippen molar-refractivity contribution >= 4 is 23.4 Å². The van der Waals surface area contributed by atoms with Crippen LogP contribution in [-0.2, 0) is 7.05 Å². The van der Waals surface area contributed by atoms with E-state index >= 15 is 0 Å². The first-order valence-electron chi connectivity index (χ1n) is 9.44. The van der Waals surface area contributed by atoms with Crippen molar-refractivity contribution in [2.75, 3.05) is 36.4 Å². The number of carbonyl (C=O) groups excluding carboxylic acids is 1. The van der Waals surface area contributed by atoms with Crippen molar-refractivity contribution < 1.29 is 4.79 Å². The van der Waals surface area contributed by atoms with Gasteiger partial charge in [0.15, 0.2) is 5.69 Å². The van der Waals surface area contributed by atoms with Crippen LogP contribution in [0.2, 0.25) is 0 Å². The van der Waals surface area contributed by atoms with Crippen molar-refractivity contribution in [3.05, 3.63) is 47.7 Å². The summed E-state index contributed by atoms with van der Waals surface area (Å²) in [4.78, 5) is 29.9. The number of hydrogen-bond donors (Lipinski definition) is 1. The molecule has 4 rings (SSSR count). The predicted octanol–water partition coefficient (Wildman–Crippen LogP) is 1.32. The van der Waals surface area contributed by atoms with E-state index < -0.39 is 0 Å². The third-order valence-corrected chi connectivity index (χ3v) is 4.71. The number of aryl methyl sites for hydroxylation is 3. The van der Waals surface area contributed by atoms with E-state index in [1.165, 1.54) is 4.68 Å². The molecule has 150 valence electrons. The molecule has 0 saturated carbocycles. The number of anilines is 3. The Morgan fingerprint density at radius 3 is 2.55 bits per heavy atom. The Kier molecular flexibility index (Phi) is 5.07. The fourth-order valence-electron chi connectivity index (χ4n) is 3.26. The van der Waals surface area contributed by atoms with Gasteiger partial charge in [-0.3, -0.25) is 9.48 Å². The van der Waals surface area contributed by atoms with Crippen LogP contribution in [0.5, 0.6) is 0 Å². The van der Waals surface area contributed by atoms with Crippen LogP contribution in [0.1, 0.15) is 21.9 Å². The van der Waals surface area contributed by atoms with E-state index in [2.05, 4.69) is 35.5 Å². The van der Waals surface area contributed by atoms with Crippen LogP contribution in [0.25, 0.3) is 0 Å². The van der Waals surface area contributed by atoms with Gasteiger partial charge in [0, 0.05) is 45.5 Å². The molecular weight excluding hydrogens is 370 g/mol. The zero-order valence-corrected chi connectivity index (χ0v) is 16.7. The monoisotopic (exact) mass is 393 g/mol. The maximum Gasteiger partial charge on any atom is 0.276 e. The van der Waals surface area contributed by atoms with Gasteiger partial charge in [-0.25, -0.2) is 15.0 Å². The second kappa shape index (κ2) is 7.82. The van der Waals surface area contributed by atoms with E-state index in [1.807, 2.05) is 32.0 Å². The van der Waals surface area contributed by atoms with Crippen LogP contribution >= 0.6 is 0 Å². The lowest BCUT2D eigenvalue weighted by molar-refractivity contribution is 0.0740. The van der Waals surface area contributed by atoms with Crippen LogP contribution in [0, 0.1) is 13.8 Å². The van der Waals surface area contributed by atoms with Crippen LogP contribution in [-0.4, -0.2) is 66.9 Å². The molecule has 0 spiro atoms. The van der Waals surface area contributed by atoms with Gasteiger partial charge in [-0.05, 0) is 31.5 Å². The van der Waals surface area contributed by atoms with E-state index in [4.69, 9.17) is 0 Å². The molecular formula is C19H23N9O. The lowest BCUT2D eigenvalue weighted by Gasteiger charge is -2.35. The summed E-state index contributed by atoms with van der Waals surface area (Å²) in [7, 11) is 1.75. The molecule has 0 aromatic carbocycles. The number of rotatable bonds is 4. The molecule has 10 nitrogen and oxygen atoms in total. The minimum atomic E-state index is -0.0931. The number of amides is 1. The van der Waals surface area contributed by atoms with Crippen LogP contribution in [0.15, 0.2) is 30.6 Å². The number of aromatic nitrogens is 6. The highest BCUT2D eigenvalue weighted by molar-refractivity contribution is 5.92. The molecule has 1 fully saturated rings. The molecule has 3 aromatic heterocycles. The van der Waals surface area contributed by atoms with E-state index in [-0.39, 0.29) is 5.91 Å². The summed E-state index contributed by atoms with van der Waals surface area (Å²) in [6, 6.07) is 5.83. The van der Waals surface area contributed by atoms with Crippen LogP contribution in [0.4, 0.5) is 17.5 Å². The molecule has 3 aromatic rings. The third-order valence-electron chi connectivity index (χ3n) is 4.71. The molecule has 0 radical (unpaired) electrons. The molecule has 29 heavy (non-hydrogen) atoms. The fourth-order valence-corrected chi connectivity index (χ4v) is 3.26. The Bertz CT molecular complexity index is 1020. The van der Waals surface area contributed by atoms with Gasteiger partial charge in [0.25, 0.3) is 5.91 Å². The molecule has 0 atom stereocenters. The summed E-state index contributed by atoms with van der Waals surface area (Å²) < 4.78 is 1.53. The summed E-state index contributed by atoms with van der Waals surface area (Å²) in [6.45, 7) is 6.45. The second-order valence-corrected chi connectivity index (χ2v) is 7.06. The summed E-state index contributed by atoms with van der Waals surface area (Å²) >= 11 is 0. The topological polar surface area (TPSA) is 105 Å². The molecule has 1 aliphatic heterocycles. The van der Waals surface area contributed by atoms with Crippen molar-refractivity contribution in [3.8, 4) is 0 Å². The molecule has 0 bridgehead atoms. The summed E-state index contributed by atoms with van der Waals surface area (Å²) in [5, 5.41) is 11.0. The first-order chi connectivity index (χ1) is 14.0. The number of nitrogens with one attached hydrogen (secondary N) is 1. The highest BCUT2D eigenvalue weighted by Crippen LogP contribution is 2.21. The van der Waals surface area contributed by atoms with Crippen LogP contribution in [0.3, 0.4) is 0 Å². The van der Waals surface area contributed by atoms with Crippen molar-refractivity contribution in [1.29, 1.82) is 0 Å². The SMILES string of the molecule is Cc1ccnc(Nc2cc(N3CCN(C(=O)c4cn(C)nn4)CC3)nc(C)n2)c1. The van der Waals surface area contributed by atoms with Crippen molar-refractivity contribution in [1.82, 2.24) is 34.8 Å². The average molecular weight is 393 g/mol. The van der Waals surface area contributed by atoms with Crippen LogP contribution < -0.4 is 10.2 Å². The first-order valence-corrected chi connectivity index (χ1v) is 9.44. The van der Waals surface area contributed by atoms with E-state index in [0.717, 1.165) is 17.2 Å². The minimum absolute atomic E-state index is 0.0931. The number of pyridine rings is 1. The second-order valence-electron chi connectivity index (χ2n) is 7.06. The van der Waals surface area contributed by atoms with Gasteiger partial charge >= 0.3 is 0 Å². The van der Waals surface area contributed by atoms with Crippen molar-refractivity contribution in [3.63, 3.8) is 0 Å². The number of carbonyl (C=O) groups is 1. The van der Waals surface area contributed by atoms with Crippen molar-refractivity contribution in [2.24, 2.45) is 7.05 Å². The van der Waals surface area contributed by atoms with Gasteiger partial charge in [0.2, 0.25) is 0 Å². The van der Waals surface area contributed by atoms with E-state index in [1.54, 1.807) is 24.3 Å². The third kappa shape index (κ3) is 4.31. The smallest absolute Gasteiger partial charge is 0.276 e. The zero-order chi connectivity index (χ0) is 20.4. The van der Waals surface area contributed by atoms with Gasteiger partial charge in [0.05, 0.1) is 6.20 Å². The molecule has 4 heterocycles. The minimum Gasteiger partial charge on any atom is -0.353 e. The van der Waals surface area contributed by atoms with E-state index in [0.29, 0.717) is 43.5 Å². The van der Waals surface area contributed by atoms with E-state index in [9.17, 15) is 4.79 Å². The van der Waals surface area contributed by atoms with Crippen molar-refractivity contribution in [2.45, 2.75) is 13.8 Å². The van der Waals surface area contributed by atoms with Gasteiger partial charge in [-0.15, -0.1) is 5.10 Å². The number of nitrogens with zero attached hydrogens (tertiary/aromatic N) is 8. The summed E-state index contributed by atoms with van der Waals surface area (Å²) in [5.74, 6) is 2.86. The maximum absolute atomic E-state index is 12.5. The molecule has 1 saturated heterocycles. The zero-order valence-electron chi connectivity index (χ0n) is 16.7. The predicted molar refractivity (Wildman–Crippen MR) is 108 cm³/mol. The number of hydrogen-bond acceptors (Lipinski definition) is 8. The highest BCUT2D eigenvalue weighted by atomic mass is 16.2. The van der Waals surface area contributed by atoms with Gasteiger partial charge in [-0.2, -0.15) is 0 Å². The Balaban J connectivity index is 1.44. The average Bonchev–Trinajstić information content (AvgIpc) is 3.13. The molecule has 1 amide bonds. The standard InChI is InChI=1S/C19H23N9O/c1-13-4-5-20-16(10-13)23-17-11-18(22-14(2)21-17)27-6-8-28(9-7-27)19(29)15-12-26(3)25-24-15/h4-5,10-12H,6-9H2,1-3H3,(H,20,21,22,23). The lowest BCUT2D eigenvalue weighted by atomic mass is 10.2. The fraction of sp³-hybridized carbons (Fsp3) is 0.368. The Morgan fingerprint density at radius 2 is 1.86 bits per heavy atom. The maximum atomic E-state index is 12.5. The Morgan fingerprint density at radius 1 is 1.07 bits per heavy atom. The normalized spacial score (nSPS) is 14.2. The first kappa shape index (κ1) is 18.8. The summed E-state index contributed by atoms with van der Waals surface area (Å²) in [5.41, 5.74) is 1.49. The quantitative estimate of drug-likeness (QED) is 0.708. The highest BCUT2D eigenvalue weighted by Gasteiger charge is 2.25. The summed E-state index contributed by atoms with van der Waals surface area (Å²) in [6.07, 6.45) is 3.40. The molecule has 1 aliphatic rings. The van der Waals surface area contributed by atoms with Gasteiger partial charge in [-0.1, -0.05) is 5.21 Å². The largest absolute Gasteiger partial charge is 0.353 e. The Hall–Kier alpha value is -3.56. The lowest BCUT2D eigenvalue weighted by Crippen LogP contribution is -2.49. The number of piperazine rings is 1. The molecule has 10 heteroatoms. The molecule has 0 aliphatic carbocycles. The van der Waals surface area contributed by atoms with Gasteiger partial charge < -0.3 is 15.1 Å². The Labute approximate surface area is 168 Å². The molecule has 0 unspecified atom stereocenters. The molecule has 1 N–H and O–H groups in total.